The summed E-state index contributed by atoms with van der Waals surface area (Å²) in [7, 11) is 1.56. The molecule has 0 bridgehead atoms. The lowest BCUT2D eigenvalue weighted by molar-refractivity contribution is 0.222. The SMILES string of the molecule is CNc1nc(OC(C)C)nc(-c2ccc(F)c(F)c2F)n1. The van der Waals surface area contributed by atoms with E-state index in [9.17, 15) is 13.2 Å². The third kappa shape index (κ3) is 3.21. The maximum atomic E-state index is 13.8. The second kappa shape index (κ2) is 5.94. The molecular formula is C13H13F3N4O. The van der Waals surface area contributed by atoms with Crippen molar-refractivity contribution in [1.29, 1.82) is 0 Å². The Hall–Kier alpha value is -2.38. The van der Waals surface area contributed by atoms with Gasteiger partial charge in [0.2, 0.25) is 5.95 Å². The molecule has 0 saturated heterocycles. The van der Waals surface area contributed by atoms with Crippen molar-refractivity contribution in [3.63, 3.8) is 0 Å². The fourth-order valence-electron chi connectivity index (χ4n) is 1.55. The quantitative estimate of drug-likeness (QED) is 0.880. The van der Waals surface area contributed by atoms with E-state index < -0.39 is 17.5 Å². The zero-order valence-corrected chi connectivity index (χ0v) is 11.6. The first-order chi connectivity index (χ1) is 9.92. The summed E-state index contributed by atoms with van der Waals surface area (Å²) in [6.07, 6.45) is -0.209. The predicted octanol–water partition coefficient (Wildman–Crippen LogP) is 2.78. The molecule has 0 spiro atoms. The molecule has 5 nitrogen and oxygen atoms in total. The molecule has 1 N–H and O–H groups in total. The van der Waals surface area contributed by atoms with Gasteiger partial charge in [0.1, 0.15) is 0 Å². The van der Waals surface area contributed by atoms with Gasteiger partial charge in [0, 0.05) is 7.05 Å². The van der Waals surface area contributed by atoms with Gasteiger partial charge >= 0.3 is 6.01 Å². The van der Waals surface area contributed by atoms with Crippen LogP contribution in [-0.2, 0) is 0 Å². The maximum Gasteiger partial charge on any atom is 0.322 e. The molecule has 2 aromatic rings. The van der Waals surface area contributed by atoms with E-state index >= 15 is 0 Å². The standard InChI is InChI=1S/C13H13F3N4O/c1-6(2)21-13-19-11(18-12(17-3)20-13)7-4-5-8(14)10(16)9(7)15/h4-6H,1-3H3,(H,17,18,19,20). The van der Waals surface area contributed by atoms with Gasteiger partial charge in [0.15, 0.2) is 23.3 Å². The molecular weight excluding hydrogens is 285 g/mol. The number of aromatic nitrogens is 3. The Kier molecular flexibility index (Phi) is 4.25. The Bertz CT molecular complexity index is 664. The van der Waals surface area contributed by atoms with Crippen molar-refractivity contribution >= 4 is 5.95 Å². The van der Waals surface area contributed by atoms with Gasteiger partial charge in [-0.05, 0) is 26.0 Å². The van der Waals surface area contributed by atoms with Gasteiger partial charge in [-0.1, -0.05) is 0 Å². The molecule has 0 saturated carbocycles. The highest BCUT2D eigenvalue weighted by Gasteiger charge is 2.18. The average molecular weight is 298 g/mol. The fourth-order valence-corrected chi connectivity index (χ4v) is 1.55. The van der Waals surface area contributed by atoms with E-state index in [1.807, 2.05) is 0 Å². The van der Waals surface area contributed by atoms with E-state index in [-0.39, 0.29) is 29.5 Å². The van der Waals surface area contributed by atoms with Crippen LogP contribution >= 0.6 is 0 Å². The lowest BCUT2D eigenvalue weighted by Crippen LogP contribution is -2.11. The van der Waals surface area contributed by atoms with Crippen molar-refractivity contribution < 1.29 is 17.9 Å². The summed E-state index contributed by atoms with van der Waals surface area (Å²) >= 11 is 0. The smallest absolute Gasteiger partial charge is 0.322 e. The van der Waals surface area contributed by atoms with Crippen molar-refractivity contribution in [2.45, 2.75) is 20.0 Å². The molecule has 21 heavy (non-hydrogen) atoms. The maximum absolute atomic E-state index is 13.8. The van der Waals surface area contributed by atoms with Crippen LogP contribution < -0.4 is 10.1 Å². The first-order valence-electron chi connectivity index (χ1n) is 6.16. The topological polar surface area (TPSA) is 59.9 Å². The molecule has 0 fully saturated rings. The fraction of sp³-hybridized carbons (Fsp3) is 0.308. The monoisotopic (exact) mass is 298 g/mol. The zero-order chi connectivity index (χ0) is 15.6. The highest BCUT2D eigenvalue weighted by molar-refractivity contribution is 5.57. The Labute approximate surface area is 119 Å². The summed E-state index contributed by atoms with van der Waals surface area (Å²) in [6, 6.07) is 1.82. The van der Waals surface area contributed by atoms with Crippen LogP contribution in [0.1, 0.15) is 13.8 Å². The van der Waals surface area contributed by atoms with Crippen molar-refractivity contribution in [3.05, 3.63) is 29.6 Å². The van der Waals surface area contributed by atoms with Crippen LogP contribution in [0.2, 0.25) is 0 Å². The largest absolute Gasteiger partial charge is 0.461 e. The van der Waals surface area contributed by atoms with Crippen LogP contribution in [0.25, 0.3) is 11.4 Å². The van der Waals surface area contributed by atoms with Crippen molar-refractivity contribution in [2.24, 2.45) is 0 Å². The van der Waals surface area contributed by atoms with Gasteiger partial charge in [0.25, 0.3) is 0 Å². The molecule has 1 aromatic carbocycles. The van der Waals surface area contributed by atoms with Crippen LogP contribution in [0.15, 0.2) is 12.1 Å². The lowest BCUT2D eigenvalue weighted by Gasteiger charge is -2.10. The summed E-state index contributed by atoms with van der Waals surface area (Å²) in [6.45, 7) is 3.53. The summed E-state index contributed by atoms with van der Waals surface area (Å²) in [4.78, 5) is 11.8. The Morgan fingerprint density at radius 2 is 1.76 bits per heavy atom. The molecule has 112 valence electrons. The number of anilines is 1. The van der Waals surface area contributed by atoms with Gasteiger partial charge in [-0.25, -0.2) is 13.2 Å². The second-order valence-corrected chi connectivity index (χ2v) is 4.40. The van der Waals surface area contributed by atoms with Crippen LogP contribution in [0.3, 0.4) is 0 Å². The van der Waals surface area contributed by atoms with Gasteiger partial charge in [-0.2, -0.15) is 15.0 Å². The van der Waals surface area contributed by atoms with Crippen LogP contribution in [0, 0.1) is 17.5 Å². The molecule has 1 heterocycles. The summed E-state index contributed by atoms with van der Waals surface area (Å²) in [5.74, 6) is -4.25. The summed E-state index contributed by atoms with van der Waals surface area (Å²) in [5.41, 5.74) is -0.276. The normalized spacial score (nSPS) is 10.8. The number of nitrogens with one attached hydrogen (secondary N) is 1. The number of halogens is 3. The second-order valence-electron chi connectivity index (χ2n) is 4.40. The van der Waals surface area contributed by atoms with E-state index in [1.165, 1.54) is 0 Å². The molecule has 0 aliphatic rings. The number of nitrogens with zero attached hydrogens (tertiary/aromatic N) is 3. The molecule has 0 unspecified atom stereocenters. The summed E-state index contributed by atoms with van der Waals surface area (Å²) < 4.78 is 45.4. The van der Waals surface area contributed by atoms with Crippen molar-refractivity contribution in [2.75, 3.05) is 12.4 Å². The Balaban J connectivity index is 2.55. The van der Waals surface area contributed by atoms with Gasteiger partial charge in [-0.3, -0.25) is 0 Å². The highest BCUT2D eigenvalue weighted by Crippen LogP contribution is 2.25. The van der Waals surface area contributed by atoms with E-state index in [0.717, 1.165) is 12.1 Å². The number of hydrogen-bond donors (Lipinski definition) is 1. The summed E-state index contributed by atoms with van der Waals surface area (Å²) in [5, 5.41) is 2.66. The van der Waals surface area contributed by atoms with E-state index in [1.54, 1.807) is 20.9 Å². The van der Waals surface area contributed by atoms with Crippen LogP contribution in [-0.4, -0.2) is 28.1 Å². The molecule has 2 rings (SSSR count). The third-order valence-corrected chi connectivity index (χ3v) is 2.46. The van der Waals surface area contributed by atoms with Gasteiger partial charge in [0.05, 0.1) is 11.7 Å². The van der Waals surface area contributed by atoms with Crippen LogP contribution in [0.4, 0.5) is 19.1 Å². The van der Waals surface area contributed by atoms with Crippen molar-refractivity contribution in [1.82, 2.24) is 15.0 Å². The lowest BCUT2D eigenvalue weighted by atomic mass is 10.2. The van der Waals surface area contributed by atoms with E-state index in [4.69, 9.17) is 4.74 Å². The minimum absolute atomic E-state index is 0.0384. The number of hydrogen-bond acceptors (Lipinski definition) is 5. The first kappa shape index (κ1) is 15.0. The zero-order valence-electron chi connectivity index (χ0n) is 11.6. The number of rotatable bonds is 4. The third-order valence-electron chi connectivity index (χ3n) is 2.46. The van der Waals surface area contributed by atoms with Crippen molar-refractivity contribution in [3.8, 4) is 17.4 Å². The average Bonchev–Trinajstić information content (AvgIpc) is 2.43. The molecule has 0 radical (unpaired) electrons. The minimum atomic E-state index is -1.58. The number of benzene rings is 1. The minimum Gasteiger partial charge on any atom is -0.461 e. The molecule has 0 aliphatic carbocycles. The van der Waals surface area contributed by atoms with E-state index in [2.05, 4.69) is 20.3 Å². The first-order valence-corrected chi connectivity index (χ1v) is 6.16. The van der Waals surface area contributed by atoms with E-state index in [0.29, 0.717) is 0 Å². The predicted molar refractivity (Wildman–Crippen MR) is 70.4 cm³/mol. The molecule has 0 amide bonds. The molecule has 0 aliphatic heterocycles. The Morgan fingerprint density at radius 3 is 2.38 bits per heavy atom. The number of ether oxygens (including phenoxy) is 1. The van der Waals surface area contributed by atoms with Gasteiger partial charge < -0.3 is 10.1 Å². The molecule has 8 heteroatoms. The van der Waals surface area contributed by atoms with Crippen LogP contribution in [0.5, 0.6) is 6.01 Å². The Morgan fingerprint density at radius 1 is 1.05 bits per heavy atom. The molecule has 0 atom stereocenters. The van der Waals surface area contributed by atoms with Gasteiger partial charge in [-0.15, -0.1) is 0 Å². The highest BCUT2D eigenvalue weighted by atomic mass is 19.2. The molecule has 1 aromatic heterocycles.